The lowest BCUT2D eigenvalue weighted by Crippen LogP contribution is -2.33. The van der Waals surface area contributed by atoms with Crippen LogP contribution in [0.5, 0.6) is 0 Å². The van der Waals surface area contributed by atoms with Crippen molar-refractivity contribution < 1.29 is 0 Å². The van der Waals surface area contributed by atoms with Crippen molar-refractivity contribution in [3.8, 4) is 0 Å². The molecule has 0 rings (SSSR count). The summed E-state index contributed by atoms with van der Waals surface area (Å²) in [5, 5.41) is 0. The van der Waals surface area contributed by atoms with E-state index in [1.54, 1.807) is 0 Å². The van der Waals surface area contributed by atoms with Crippen molar-refractivity contribution in [2.75, 3.05) is 0 Å². The van der Waals surface area contributed by atoms with Gasteiger partial charge in [-0.1, -0.05) is 25.5 Å². The molecule has 0 amide bonds. The Balaban J connectivity index is 3.76. The van der Waals surface area contributed by atoms with E-state index in [9.17, 15) is 0 Å². The molecule has 0 heterocycles. The molecule has 0 aromatic rings. The van der Waals surface area contributed by atoms with Crippen LogP contribution in [0.1, 0.15) is 40.5 Å². The van der Waals surface area contributed by atoms with E-state index < -0.39 is 0 Å². The molecular weight excluding hydrogens is 148 g/mol. The van der Waals surface area contributed by atoms with Gasteiger partial charge in [-0.15, -0.1) is 0 Å². The van der Waals surface area contributed by atoms with Gasteiger partial charge in [-0.05, 0) is 32.6 Å². The van der Waals surface area contributed by atoms with E-state index in [-0.39, 0.29) is 0 Å². The van der Waals surface area contributed by atoms with Gasteiger partial charge in [-0.3, -0.25) is 11.3 Å². The quantitative estimate of drug-likeness (QED) is 0.377. The zero-order chi connectivity index (χ0) is 9.56. The lowest BCUT2D eigenvalue weighted by Gasteiger charge is -2.13. The van der Waals surface area contributed by atoms with Crippen LogP contribution in [0.4, 0.5) is 0 Å². The first-order valence-corrected chi connectivity index (χ1v) is 4.67. The lowest BCUT2D eigenvalue weighted by atomic mass is 10.0. The van der Waals surface area contributed by atoms with Gasteiger partial charge in [0.05, 0.1) is 0 Å². The Hall–Kier alpha value is -0.340. The molecule has 1 unspecified atom stereocenters. The van der Waals surface area contributed by atoms with E-state index in [2.05, 4.69) is 39.2 Å². The number of hydrazine groups is 1. The molecule has 0 aliphatic carbocycles. The smallest absolute Gasteiger partial charge is 0.0392 e. The van der Waals surface area contributed by atoms with Crippen LogP contribution >= 0.6 is 0 Å². The minimum absolute atomic E-state index is 0.345. The second kappa shape index (κ2) is 6.21. The summed E-state index contributed by atoms with van der Waals surface area (Å²) in [5.41, 5.74) is 4.13. The van der Waals surface area contributed by atoms with E-state index in [1.807, 2.05) is 0 Å². The highest BCUT2D eigenvalue weighted by atomic mass is 15.2. The molecule has 0 saturated heterocycles. The standard InChI is InChI=1S/C10H22N2/c1-8(2)5-6-10(12-11)7-9(3)4/h7-8,10,12H,5-6,11H2,1-4H3. The molecule has 0 aliphatic heterocycles. The summed E-state index contributed by atoms with van der Waals surface area (Å²) in [6, 6.07) is 0.345. The number of hydrogen-bond donors (Lipinski definition) is 2. The van der Waals surface area contributed by atoms with Crippen molar-refractivity contribution in [2.24, 2.45) is 11.8 Å². The van der Waals surface area contributed by atoms with Crippen LogP contribution in [0.15, 0.2) is 11.6 Å². The van der Waals surface area contributed by atoms with Gasteiger partial charge in [-0.2, -0.15) is 0 Å². The normalized spacial score (nSPS) is 13.2. The molecule has 2 nitrogen and oxygen atoms in total. The molecular formula is C10H22N2. The van der Waals surface area contributed by atoms with Gasteiger partial charge in [0.1, 0.15) is 0 Å². The predicted molar refractivity (Wildman–Crippen MR) is 54.6 cm³/mol. The molecule has 2 heteroatoms. The maximum atomic E-state index is 5.41. The molecule has 0 aromatic heterocycles. The summed E-state index contributed by atoms with van der Waals surface area (Å²) in [4.78, 5) is 0. The van der Waals surface area contributed by atoms with Gasteiger partial charge in [0, 0.05) is 6.04 Å². The van der Waals surface area contributed by atoms with Crippen molar-refractivity contribution in [1.82, 2.24) is 5.43 Å². The zero-order valence-corrected chi connectivity index (χ0v) is 8.72. The molecule has 0 spiro atoms. The molecule has 72 valence electrons. The number of allylic oxidation sites excluding steroid dienone is 1. The number of nitrogens with two attached hydrogens (primary N) is 1. The summed E-state index contributed by atoms with van der Waals surface area (Å²) in [5.74, 6) is 6.17. The fraction of sp³-hybridized carbons (Fsp3) is 0.800. The van der Waals surface area contributed by atoms with Gasteiger partial charge in [0.25, 0.3) is 0 Å². The van der Waals surface area contributed by atoms with Crippen LogP contribution in [-0.4, -0.2) is 6.04 Å². The first-order chi connectivity index (χ1) is 5.56. The third-order valence-corrected chi connectivity index (χ3v) is 1.80. The average molecular weight is 170 g/mol. The minimum Gasteiger partial charge on any atom is -0.271 e. The Morgan fingerprint density at radius 1 is 1.33 bits per heavy atom. The predicted octanol–water partition coefficient (Wildman–Crippen LogP) is 2.22. The molecule has 12 heavy (non-hydrogen) atoms. The average Bonchev–Trinajstić information content (AvgIpc) is 1.97. The van der Waals surface area contributed by atoms with Crippen LogP contribution in [0.2, 0.25) is 0 Å². The summed E-state index contributed by atoms with van der Waals surface area (Å²) in [6.07, 6.45) is 4.53. The molecule has 0 bridgehead atoms. The Kier molecular flexibility index (Phi) is 6.03. The third kappa shape index (κ3) is 6.38. The Morgan fingerprint density at radius 3 is 2.25 bits per heavy atom. The Morgan fingerprint density at radius 2 is 1.92 bits per heavy atom. The van der Waals surface area contributed by atoms with Crippen LogP contribution < -0.4 is 11.3 Å². The number of rotatable bonds is 5. The highest BCUT2D eigenvalue weighted by Crippen LogP contribution is 2.08. The number of hydrogen-bond acceptors (Lipinski definition) is 2. The Labute approximate surface area is 76.2 Å². The second-order valence-electron chi connectivity index (χ2n) is 3.99. The maximum absolute atomic E-state index is 5.41. The molecule has 0 saturated carbocycles. The summed E-state index contributed by atoms with van der Waals surface area (Å²) >= 11 is 0. The van der Waals surface area contributed by atoms with Gasteiger partial charge >= 0.3 is 0 Å². The van der Waals surface area contributed by atoms with E-state index in [0.29, 0.717) is 6.04 Å². The summed E-state index contributed by atoms with van der Waals surface area (Å²) in [6.45, 7) is 8.66. The minimum atomic E-state index is 0.345. The van der Waals surface area contributed by atoms with E-state index in [1.165, 1.54) is 12.0 Å². The molecule has 0 radical (unpaired) electrons. The van der Waals surface area contributed by atoms with E-state index >= 15 is 0 Å². The first kappa shape index (κ1) is 11.7. The highest BCUT2D eigenvalue weighted by molar-refractivity contribution is 5.00. The van der Waals surface area contributed by atoms with Gasteiger partial charge < -0.3 is 0 Å². The fourth-order valence-corrected chi connectivity index (χ4v) is 1.13. The molecule has 0 aliphatic rings. The largest absolute Gasteiger partial charge is 0.271 e. The summed E-state index contributed by atoms with van der Waals surface area (Å²) in [7, 11) is 0. The second-order valence-corrected chi connectivity index (χ2v) is 3.99. The van der Waals surface area contributed by atoms with E-state index in [4.69, 9.17) is 5.84 Å². The SMILES string of the molecule is CC(C)=CC(CCC(C)C)NN. The molecule has 0 fully saturated rings. The van der Waals surface area contributed by atoms with Crippen LogP contribution in [0, 0.1) is 5.92 Å². The number of nitrogens with one attached hydrogen (secondary N) is 1. The Bertz CT molecular complexity index is 135. The fourth-order valence-electron chi connectivity index (χ4n) is 1.13. The first-order valence-electron chi connectivity index (χ1n) is 4.67. The monoisotopic (exact) mass is 170 g/mol. The van der Waals surface area contributed by atoms with Gasteiger partial charge in [0.2, 0.25) is 0 Å². The van der Waals surface area contributed by atoms with Crippen molar-refractivity contribution in [1.29, 1.82) is 0 Å². The lowest BCUT2D eigenvalue weighted by molar-refractivity contribution is 0.484. The van der Waals surface area contributed by atoms with Crippen molar-refractivity contribution in [3.63, 3.8) is 0 Å². The maximum Gasteiger partial charge on any atom is 0.0392 e. The van der Waals surface area contributed by atoms with Crippen molar-refractivity contribution >= 4 is 0 Å². The van der Waals surface area contributed by atoms with Crippen LogP contribution in [0.3, 0.4) is 0 Å². The van der Waals surface area contributed by atoms with Crippen LogP contribution in [-0.2, 0) is 0 Å². The van der Waals surface area contributed by atoms with Crippen molar-refractivity contribution in [2.45, 2.75) is 46.6 Å². The molecule has 3 N–H and O–H groups in total. The highest BCUT2D eigenvalue weighted by Gasteiger charge is 2.03. The summed E-state index contributed by atoms with van der Waals surface area (Å²) < 4.78 is 0. The molecule has 1 atom stereocenters. The van der Waals surface area contributed by atoms with E-state index in [0.717, 1.165) is 12.3 Å². The molecule has 0 aromatic carbocycles. The topological polar surface area (TPSA) is 38.0 Å². The zero-order valence-electron chi connectivity index (χ0n) is 8.72. The van der Waals surface area contributed by atoms with Gasteiger partial charge in [0.15, 0.2) is 0 Å². The van der Waals surface area contributed by atoms with Crippen LogP contribution in [0.25, 0.3) is 0 Å². The van der Waals surface area contributed by atoms with Gasteiger partial charge in [-0.25, -0.2) is 0 Å². The third-order valence-electron chi connectivity index (χ3n) is 1.80. The van der Waals surface area contributed by atoms with Crippen molar-refractivity contribution in [3.05, 3.63) is 11.6 Å².